The Morgan fingerprint density at radius 1 is 1.29 bits per heavy atom. The summed E-state index contributed by atoms with van der Waals surface area (Å²) >= 11 is 0. The van der Waals surface area contributed by atoms with Crippen LogP contribution in [0.25, 0.3) is 0 Å². The number of hydrogen-bond donors (Lipinski definition) is 2. The maximum atomic E-state index is 12.8. The average molecular weight is 331 g/mol. The van der Waals surface area contributed by atoms with Gasteiger partial charge in [-0.15, -0.1) is 0 Å². The summed E-state index contributed by atoms with van der Waals surface area (Å²) in [6.07, 6.45) is 10.5. The van der Waals surface area contributed by atoms with Crippen molar-refractivity contribution in [1.82, 2.24) is 25.3 Å². The van der Waals surface area contributed by atoms with Gasteiger partial charge in [-0.25, -0.2) is 0 Å². The van der Waals surface area contributed by atoms with Crippen molar-refractivity contribution in [1.29, 1.82) is 0 Å². The molecule has 3 atom stereocenters. The van der Waals surface area contributed by atoms with E-state index in [0.29, 0.717) is 6.04 Å². The number of rotatable bonds is 4. The molecule has 3 heterocycles. The molecule has 2 aliphatic heterocycles. The van der Waals surface area contributed by atoms with Crippen molar-refractivity contribution < 1.29 is 4.79 Å². The van der Waals surface area contributed by atoms with Gasteiger partial charge in [0.25, 0.3) is 0 Å². The second-order valence-corrected chi connectivity index (χ2v) is 7.75. The van der Waals surface area contributed by atoms with Crippen LogP contribution in [0.15, 0.2) is 12.4 Å². The number of aryl methyl sites for hydroxylation is 1. The number of amides is 1. The fourth-order valence-electron chi connectivity index (χ4n) is 4.75. The van der Waals surface area contributed by atoms with Gasteiger partial charge >= 0.3 is 0 Å². The molecule has 0 bridgehead atoms. The van der Waals surface area contributed by atoms with E-state index in [2.05, 4.69) is 20.6 Å². The highest BCUT2D eigenvalue weighted by atomic mass is 16.2. The maximum Gasteiger partial charge on any atom is 0.225 e. The lowest BCUT2D eigenvalue weighted by Crippen LogP contribution is -2.43. The molecule has 1 saturated carbocycles. The minimum Gasteiger partial charge on any atom is -0.352 e. The molecule has 2 saturated heterocycles. The predicted molar refractivity (Wildman–Crippen MR) is 92.7 cm³/mol. The van der Waals surface area contributed by atoms with E-state index >= 15 is 0 Å². The fraction of sp³-hybridized carbons (Fsp3) is 0.778. The van der Waals surface area contributed by atoms with Gasteiger partial charge in [-0.1, -0.05) is 12.8 Å². The van der Waals surface area contributed by atoms with Crippen LogP contribution >= 0.6 is 0 Å². The molecule has 1 aliphatic carbocycles. The van der Waals surface area contributed by atoms with Gasteiger partial charge in [0.15, 0.2) is 0 Å². The van der Waals surface area contributed by atoms with Crippen molar-refractivity contribution in [3.63, 3.8) is 0 Å². The number of nitrogens with zero attached hydrogens (tertiary/aromatic N) is 3. The molecule has 0 radical (unpaired) electrons. The summed E-state index contributed by atoms with van der Waals surface area (Å²) in [6.45, 7) is 3.81. The number of hydrogen-bond acceptors (Lipinski definition) is 4. The van der Waals surface area contributed by atoms with Crippen molar-refractivity contribution in [3.05, 3.63) is 18.0 Å². The number of carbonyl (C=O) groups is 1. The van der Waals surface area contributed by atoms with Gasteiger partial charge in [-0.05, 0) is 24.8 Å². The summed E-state index contributed by atoms with van der Waals surface area (Å²) in [4.78, 5) is 15.4. The van der Waals surface area contributed by atoms with E-state index in [1.807, 2.05) is 24.1 Å². The summed E-state index contributed by atoms with van der Waals surface area (Å²) in [5.74, 6) is 0.480. The molecule has 1 amide bonds. The third-order valence-electron chi connectivity index (χ3n) is 6.11. The second kappa shape index (κ2) is 6.84. The average Bonchev–Trinajstić information content (AvgIpc) is 3.34. The predicted octanol–water partition coefficient (Wildman–Crippen LogP) is 0.856. The van der Waals surface area contributed by atoms with E-state index in [4.69, 9.17) is 0 Å². The summed E-state index contributed by atoms with van der Waals surface area (Å²) in [5.41, 5.74) is 1.17. The first-order valence-electron chi connectivity index (χ1n) is 9.44. The highest BCUT2D eigenvalue weighted by molar-refractivity contribution is 5.80. The molecule has 6 heteroatoms. The summed E-state index contributed by atoms with van der Waals surface area (Å²) in [7, 11) is 1.93. The SMILES string of the molecule is Cn1cc([C@H]2CNC[C@@H]2C(=O)NC2CCN(C3CCCC3)C2)cn1. The van der Waals surface area contributed by atoms with E-state index in [1.165, 1.54) is 31.2 Å². The first-order valence-corrected chi connectivity index (χ1v) is 9.44. The Bertz CT molecular complexity index is 580. The van der Waals surface area contributed by atoms with Crippen LogP contribution in [0.2, 0.25) is 0 Å². The Hall–Kier alpha value is -1.40. The van der Waals surface area contributed by atoms with Gasteiger partial charge in [0.1, 0.15) is 0 Å². The first-order chi connectivity index (χ1) is 11.7. The number of likely N-dealkylation sites (tertiary alicyclic amines) is 1. The van der Waals surface area contributed by atoms with Crippen LogP contribution in [0.3, 0.4) is 0 Å². The van der Waals surface area contributed by atoms with Crippen LogP contribution in [0.4, 0.5) is 0 Å². The molecular formula is C18H29N5O. The Morgan fingerprint density at radius 3 is 2.88 bits per heavy atom. The Morgan fingerprint density at radius 2 is 2.12 bits per heavy atom. The largest absolute Gasteiger partial charge is 0.352 e. The molecule has 2 N–H and O–H groups in total. The molecule has 0 spiro atoms. The smallest absolute Gasteiger partial charge is 0.225 e. The molecule has 0 aromatic carbocycles. The molecule has 1 aromatic rings. The fourth-order valence-corrected chi connectivity index (χ4v) is 4.75. The van der Waals surface area contributed by atoms with Crippen molar-refractivity contribution in [2.45, 2.75) is 50.1 Å². The van der Waals surface area contributed by atoms with E-state index in [-0.39, 0.29) is 17.7 Å². The highest BCUT2D eigenvalue weighted by Gasteiger charge is 2.37. The van der Waals surface area contributed by atoms with Crippen molar-refractivity contribution in [2.24, 2.45) is 13.0 Å². The van der Waals surface area contributed by atoms with Gasteiger partial charge in [-0.2, -0.15) is 5.10 Å². The van der Waals surface area contributed by atoms with Crippen LogP contribution in [0.5, 0.6) is 0 Å². The minimum absolute atomic E-state index is 0.0229. The van der Waals surface area contributed by atoms with Gasteiger partial charge < -0.3 is 10.6 Å². The van der Waals surface area contributed by atoms with E-state index in [1.54, 1.807) is 0 Å². The minimum atomic E-state index is 0.0229. The molecule has 4 rings (SSSR count). The highest BCUT2D eigenvalue weighted by Crippen LogP contribution is 2.29. The van der Waals surface area contributed by atoms with Crippen LogP contribution in [-0.4, -0.2) is 58.9 Å². The zero-order chi connectivity index (χ0) is 16.5. The standard InChI is InChI=1S/C18H29N5O/c1-22-11-13(8-20-22)16-9-19-10-17(16)18(24)21-14-6-7-23(12-14)15-4-2-3-5-15/h8,11,14-17,19H,2-7,9-10,12H2,1H3,(H,21,24)/t14?,16-,17+/m1/s1. The van der Waals surface area contributed by atoms with Crippen molar-refractivity contribution in [2.75, 3.05) is 26.2 Å². The maximum absolute atomic E-state index is 12.8. The van der Waals surface area contributed by atoms with E-state index in [0.717, 1.165) is 38.6 Å². The first kappa shape index (κ1) is 16.1. The molecule has 3 fully saturated rings. The summed E-state index contributed by atoms with van der Waals surface area (Å²) in [5, 5.41) is 11.0. The van der Waals surface area contributed by atoms with Crippen LogP contribution < -0.4 is 10.6 Å². The topological polar surface area (TPSA) is 62.2 Å². The monoisotopic (exact) mass is 331 g/mol. The van der Waals surface area contributed by atoms with Crippen LogP contribution in [0.1, 0.15) is 43.6 Å². The normalized spacial score (nSPS) is 31.8. The van der Waals surface area contributed by atoms with Crippen LogP contribution in [-0.2, 0) is 11.8 Å². The van der Waals surface area contributed by atoms with E-state index < -0.39 is 0 Å². The second-order valence-electron chi connectivity index (χ2n) is 7.75. The van der Waals surface area contributed by atoms with Gasteiger partial charge in [0, 0.05) is 57.4 Å². The number of aromatic nitrogens is 2. The summed E-state index contributed by atoms with van der Waals surface area (Å²) in [6, 6.07) is 1.09. The zero-order valence-electron chi connectivity index (χ0n) is 14.6. The quantitative estimate of drug-likeness (QED) is 0.859. The lowest BCUT2D eigenvalue weighted by atomic mass is 9.90. The van der Waals surface area contributed by atoms with Gasteiger partial charge in [0.05, 0.1) is 12.1 Å². The lowest BCUT2D eigenvalue weighted by Gasteiger charge is -2.24. The molecular weight excluding hydrogens is 302 g/mol. The molecule has 24 heavy (non-hydrogen) atoms. The van der Waals surface area contributed by atoms with E-state index in [9.17, 15) is 4.79 Å². The van der Waals surface area contributed by atoms with Crippen LogP contribution in [0, 0.1) is 5.92 Å². The summed E-state index contributed by atoms with van der Waals surface area (Å²) < 4.78 is 1.82. The zero-order valence-corrected chi connectivity index (χ0v) is 14.6. The Balaban J connectivity index is 1.34. The molecule has 6 nitrogen and oxygen atoms in total. The van der Waals surface area contributed by atoms with Crippen molar-refractivity contribution >= 4 is 5.91 Å². The number of carbonyl (C=O) groups excluding carboxylic acids is 1. The van der Waals surface area contributed by atoms with Gasteiger partial charge in [-0.3, -0.25) is 14.4 Å². The van der Waals surface area contributed by atoms with Gasteiger partial charge in [0.2, 0.25) is 5.91 Å². The Kier molecular flexibility index (Phi) is 4.59. The molecule has 3 aliphatic rings. The number of nitrogens with one attached hydrogen (secondary N) is 2. The third kappa shape index (κ3) is 3.22. The Labute approximate surface area is 144 Å². The lowest BCUT2D eigenvalue weighted by molar-refractivity contribution is -0.125. The third-order valence-corrected chi connectivity index (χ3v) is 6.11. The molecule has 1 unspecified atom stereocenters. The molecule has 132 valence electrons. The molecule has 1 aromatic heterocycles. The van der Waals surface area contributed by atoms with Crippen molar-refractivity contribution in [3.8, 4) is 0 Å².